The molecule has 1 aromatic rings. The molecular weight excluding hydrogens is 559 g/mol. The second-order valence-electron chi connectivity index (χ2n) is 10.5. The maximum atomic E-state index is 13.2. The number of hydrogen-bond donors (Lipinski definition) is 2. The molecule has 42 heavy (non-hydrogen) atoms. The number of hydrogen-bond acceptors (Lipinski definition) is 8. The van der Waals surface area contributed by atoms with E-state index < -0.39 is 49.4 Å². The first kappa shape index (κ1) is 32.8. The van der Waals surface area contributed by atoms with Gasteiger partial charge in [-0.25, -0.2) is 9.78 Å². The summed E-state index contributed by atoms with van der Waals surface area (Å²) < 4.78 is 54.6. The van der Waals surface area contributed by atoms with Gasteiger partial charge in [0.1, 0.15) is 18.1 Å². The quantitative estimate of drug-likeness (QED) is 0.491. The first-order valence-corrected chi connectivity index (χ1v) is 13.6. The van der Waals surface area contributed by atoms with Crippen molar-refractivity contribution in [1.82, 2.24) is 15.2 Å². The number of rotatable bonds is 2. The van der Waals surface area contributed by atoms with Crippen molar-refractivity contribution in [2.24, 2.45) is 11.8 Å². The molecule has 0 saturated carbocycles. The molecule has 1 aromatic heterocycles. The van der Waals surface area contributed by atoms with Crippen molar-refractivity contribution in [3.63, 3.8) is 0 Å². The number of amides is 2. The van der Waals surface area contributed by atoms with Gasteiger partial charge in [0.05, 0.1) is 18.6 Å². The van der Waals surface area contributed by atoms with Crippen LogP contribution in [0.5, 0.6) is 0 Å². The minimum Gasteiger partial charge on any atom is -0.457 e. The molecule has 0 unspecified atom stereocenters. The lowest BCUT2D eigenvalue weighted by Gasteiger charge is -2.27. The molecule has 0 saturated heterocycles. The zero-order chi connectivity index (χ0) is 31.0. The Morgan fingerprint density at radius 2 is 1.95 bits per heavy atom. The molecule has 0 aliphatic carbocycles. The Morgan fingerprint density at radius 1 is 1.21 bits per heavy atom. The normalized spacial score (nSPS) is 26.3. The standard InChI is InChI=1S/C29H36F3N3O7/c1-17(2)26-19(4)9-10-24(37)33-11-5-7-18(3)13-20(36)14-21(42-29(30,31)32)15-25-34-22(16-40-25)27(38)35-12-6-8-23(35)28(39)41-26/h5,7-10,13,16-17,19-21,26,36H,6,11-12,14-15H2,1-4H3,(H,33,37)/b7-5?,10-9+,18-13?/t19-,20-,21-,26-/m1/s1. The molecule has 2 N–H and O–H groups in total. The van der Waals surface area contributed by atoms with Gasteiger partial charge < -0.3 is 24.5 Å². The summed E-state index contributed by atoms with van der Waals surface area (Å²) >= 11 is 0. The van der Waals surface area contributed by atoms with Crippen LogP contribution in [0.15, 0.2) is 58.4 Å². The van der Waals surface area contributed by atoms with Crippen LogP contribution < -0.4 is 5.32 Å². The lowest BCUT2D eigenvalue weighted by molar-refractivity contribution is -0.344. The number of nitrogens with zero attached hydrogens (tertiary/aromatic N) is 2. The van der Waals surface area contributed by atoms with E-state index in [2.05, 4.69) is 15.0 Å². The van der Waals surface area contributed by atoms with E-state index in [4.69, 9.17) is 9.15 Å². The number of aliphatic hydroxyl groups is 1. The van der Waals surface area contributed by atoms with Crippen molar-refractivity contribution in [3.05, 3.63) is 65.6 Å². The number of esters is 1. The van der Waals surface area contributed by atoms with Crippen LogP contribution >= 0.6 is 0 Å². The Kier molecular flexibility index (Phi) is 11.3. The number of carbonyl (C=O) groups is 3. The van der Waals surface area contributed by atoms with Gasteiger partial charge in [0.15, 0.2) is 11.6 Å². The third-order valence-corrected chi connectivity index (χ3v) is 6.61. The monoisotopic (exact) mass is 595 g/mol. The molecule has 0 spiro atoms. The number of aromatic nitrogens is 1. The molecule has 2 aliphatic heterocycles. The van der Waals surface area contributed by atoms with E-state index in [0.717, 1.165) is 6.26 Å². The summed E-state index contributed by atoms with van der Waals surface area (Å²) in [5.41, 5.74) is 0.349. The number of cyclic esters (lactones) is 1. The fourth-order valence-corrected chi connectivity index (χ4v) is 4.71. The molecule has 2 bridgehead atoms. The van der Waals surface area contributed by atoms with Gasteiger partial charge in [-0.15, -0.1) is 13.2 Å². The minimum absolute atomic E-state index is 0.0119. The topological polar surface area (TPSA) is 131 Å². The summed E-state index contributed by atoms with van der Waals surface area (Å²) in [4.78, 5) is 43.9. The summed E-state index contributed by atoms with van der Waals surface area (Å²) in [5.74, 6) is -2.45. The predicted octanol–water partition coefficient (Wildman–Crippen LogP) is 4.00. The maximum absolute atomic E-state index is 13.2. The molecule has 3 heterocycles. The van der Waals surface area contributed by atoms with E-state index in [1.54, 1.807) is 38.2 Å². The average Bonchev–Trinajstić information content (AvgIpc) is 3.56. The van der Waals surface area contributed by atoms with E-state index in [-0.39, 0.29) is 48.1 Å². The fraction of sp³-hybridized carbons (Fsp3) is 0.517. The van der Waals surface area contributed by atoms with Crippen LogP contribution in [0.25, 0.3) is 0 Å². The molecule has 10 nitrogen and oxygen atoms in total. The number of halogens is 3. The van der Waals surface area contributed by atoms with Gasteiger partial charge in [0.25, 0.3) is 5.91 Å². The van der Waals surface area contributed by atoms with Crippen LogP contribution in [0.1, 0.15) is 56.9 Å². The Hall–Kier alpha value is -3.71. The molecule has 0 fully saturated rings. The van der Waals surface area contributed by atoms with Crippen molar-refractivity contribution in [2.75, 3.05) is 13.1 Å². The predicted molar refractivity (Wildman–Crippen MR) is 144 cm³/mol. The van der Waals surface area contributed by atoms with Crippen molar-refractivity contribution in [2.45, 2.75) is 71.6 Å². The number of carbonyl (C=O) groups excluding carboxylic acids is 3. The highest BCUT2D eigenvalue weighted by molar-refractivity contribution is 6.00. The van der Waals surface area contributed by atoms with E-state index in [0.29, 0.717) is 12.0 Å². The van der Waals surface area contributed by atoms with E-state index >= 15 is 0 Å². The molecule has 230 valence electrons. The van der Waals surface area contributed by atoms with Crippen LogP contribution in [-0.2, 0) is 25.5 Å². The molecule has 0 radical (unpaired) electrons. The van der Waals surface area contributed by atoms with E-state index in [1.165, 1.54) is 17.1 Å². The largest absolute Gasteiger partial charge is 0.522 e. The van der Waals surface area contributed by atoms with Gasteiger partial charge in [-0.05, 0) is 25.3 Å². The minimum atomic E-state index is -4.99. The number of alkyl halides is 3. The fourth-order valence-electron chi connectivity index (χ4n) is 4.71. The average molecular weight is 596 g/mol. The van der Waals surface area contributed by atoms with E-state index in [9.17, 15) is 32.7 Å². The van der Waals surface area contributed by atoms with Gasteiger partial charge in [0.2, 0.25) is 5.91 Å². The SMILES string of the molecule is CC1=C[C@@H](O)C[C@@H](OC(F)(F)F)Cc2nc(co2)C(=O)N2CCC=C2C(=O)O[C@H](C(C)C)[C@H](C)/C=C/C(=O)NCC=C1. The van der Waals surface area contributed by atoms with Gasteiger partial charge in [-0.3, -0.25) is 14.3 Å². The number of fused-ring (bicyclic) bond motifs is 3. The Labute approximate surface area is 241 Å². The van der Waals surface area contributed by atoms with Crippen LogP contribution in [0.4, 0.5) is 13.2 Å². The molecule has 13 heteroatoms. The summed E-state index contributed by atoms with van der Waals surface area (Å²) in [6.07, 6.45) is 1.09. The zero-order valence-corrected chi connectivity index (χ0v) is 23.9. The van der Waals surface area contributed by atoms with Crippen molar-refractivity contribution in [1.29, 1.82) is 0 Å². The van der Waals surface area contributed by atoms with Gasteiger partial charge in [-0.1, -0.05) is 56.7 Å². The van der Waals surface area contributed by atoms with Crippen LogP contribution in [-0.4, -0.2) is 70.5 Å². The summed E-state index contributed by atoms with van der Waals surface area (Å²) in [6.45, 7) is 7.51. The third kappa shape index (κ3) is 9.69. The summed E-state index contributed by atoms with van der Waals surface area (Å²) in [5, 5.41) is 13.1. The zero-order valence-electron chi connectivity index (χ0n) is 23.9. The second-order valence-corrected chi connectivity index (χ2v) is 10.5. The number of aliphatic hydroxyl groups excluding tert-OH is 1. The highest BCUT2D eigenvalue weighted by Crippen LogP contribution is 2.26. The van der Waals surface area contributed by atoms with Crippen LogP contribution in [0, 0.1) is 11.8 Å². The Balaban J connectivity index is 1.92. The van der Waals surface area contributed by atoms with Gasteiger partial charge in [-0.2, -0.15) is 0 Å². The number of ether oxygens (including phenoxy) is 2. The molecular formula is C29H36F3N3O7. The lowest BCUT2D eigenvalue weighted by Crippen LogP contribution is -2.36. The Bertz CT molecular complexity index is 1250. The van der Waals surface area contributed by atoms with Crippen LogP contribution in [0.3, 0.4) is 0 Å². The molecule has 2 amide bonds. The first-order chi connectivity index (χ1) is 19.7. The highest BCUT2D eigenvalue weighted by atomic mass is 19.4. The van der Waals surface area contributed by atoms with Gasteiger partial charge in [0, 0.05) is 25.4 Å². The smallest absolute Gasteiger partial charge is 0.457 e. The molecule has 0 aromatic carbocycles. The molecule has 2 aliphatic rings. The van der Waals surface area contributed by atoms with E-state index in [1.807, 2.05) is 13.8 Å². The first-order valence-electron chi connectivity index (χ1n) is 13.6. The van der Waals surface area contributed by atoms with Crippen molar-refractivity contribution >= 4 is 17.8 Å². The molecule has 3 rings (SSSR count). The number of nitrogens with one attached hydrogen (secondary N) is 1. The lowest BCUT2D eigenvalue weighted by atomic mass is 9.94. The summed E-state index contributed by atoms with van der Waals surface area (Å²) in [7, 11) is 0. The van der Waals surface area contributed by atoms with Gasteiger partial charge >= 0.3 is 12.3 Å². The van der Waals surface area contributed by atoms with Crippen LogP contribution in [0.2, 0.25) is 0 Å². The van der Waals surface area contributed by atoms with Crippen molar-refractivity contribution < 1.29 is 46.6 Å². The number of allylic oxidation sites excluding steroid dienone is 2. The highest BCUT2D eigenvalue weighted by Gasteiger charge is 2.36. The molecule has 4 atom stereocenters. The second kappa shape index (κ2) is 14.5. The summed E-state index contributed by atoms with van der Waals surface area (Å²) in [6, 6.07) is 0. The third-order valence-electron chi connectivity index (χ3n) is 6.61. The number of oxazole rings is 1. The van der Waals surface area contributed by atoms with Crippen molar-refractivity contribution in [3.8, 4) is 0 Å². The maximum Gasteiger partial charge on any atom is 0.522 e. The Morgan fingerprint density at radius 3 is 2.64 bits per heavy atom.